The van der Waals surface area contributed by atoms with Gasteiger partial charge in [-0.15, -0.1) is 0 Å². The lowest BCUT2D eigenvalue weighted by Crippen LogP contribution is -2.51. The van der Waals surface area contributed by atoms with E-state index >= 15 is 0 Å². The van der Waals surface area contributed by atoms with Crippen LogP contribution in [0.4, 0.5) is 0 Å². The number of carbonyl (C=O) groups excluding carboxylic acids is 1. The molecule has 4 heteroatoms. The van der Waals surface area contributed by atoms with Crippen molar-refractivity contribution in [1.82, 2.24) is 14.7 Å². The van der Waals surface area contributed by atoms with E-state index in [1.54, 1.807) is 0 Å². The van der Waals surface area contributed by atoms with Crippen molar-refractivity contribution in [1.29, 1.82) is 0 Å². The van der Waals surface area contributed by atoms with E-state index in [1.165, 1.54) is 13.1 Å². The summed E-state index contributed by atoms with van der Waals surface area (Å²) in [4.78, 5) is 19.0. The van der Waals surface area contributed by atoms with Crippen LogP contribution in [0.15, 0.2) is 0 Å². The zero-order valence-corrected chi connectivity index (χ0v) is 12.8. The van der Waals surface area contributed by atoms with Crippen LogP contribution in [0.5, 0.6) is 0 Å². The molecule has 1 amide bonds. The van der Waals surface area contributed by atoms with Crippen molar-refractivity contribution >= 4 is 5.91 Å². The number of nitrogens with zero attached hydrogens (tertiary/aromatic N) is 3. The molecular formula is C15H29N3O. The SMILES string of the molecule is CCN1CCN(C(=O)CCN2CC(C(C)C)C2)CC1. The molecule has 19 heavy (non-hydrogen) atoms. The minimum atomic E-state index is 0.351. The second kappa shape index (κ2) is 6.71. The van der Waals surface area contributed by atoms with Gasteiger partial charge in [0.05, 0.1) is 0 Å². The van der Waals surface area contributed by atoms with Crippen molar-refractivity contribution in [2.24, 2.45) is 11.8 Å². The van der Waals surface area contributed by atoms with Gasteiger partial charge in [0, 0.05) is 52.2 Å². The van der Waals surface area contributed by atoms with Gasteiger partial charge in [-0.25, -0.2) is 0 Å². The molecule has 0 radical (unpaired) electrons. The van der Waals surface area contributed by atoms with Crippen LogP contribution in [0.25, 0.3) is 0 Å². The van der Waals surface area contributed by atoms with Gasteiger partial charge in [-0.2, -0.15) is 0 Å². The lowest BCUT2D eigenvalue weighted by molar-refractivity contribution is -0.133. The Bertz CT molecular complexity index is 292. The standard InChI is InChI=1S/C15H29N3O/c1-4-16-7-9-18(10-8-16)15(19)5-6-17-11-14(12-17)13(2)3/h13-14H,4-12H2,1-3H3. The third kappa shape index (κ3) is 3.93. The highest BCUT2D eigenvalue weighted by molar-refractivity contribution is 5.76. The molecule has 0 spiro atoms. The molecule has 0 aliphatic carbocycles. The van der Waals surface area contributed by atoms with Crippen LogP contribution in [0, 0.1) is 11.8 Å². The molecule has 0 aromatic carbocycles. The highest BCUT2D eigenvalue weighted by atomic mass is 16.2. The van der Waals surface area contributed by atoms with Gasteiger partial charge in [-0.05, 0) is 18.4 Å². The van der Waals surface area contributed by atoms with Crippen molar-refractivity contribution in [3.8, 4) is 0 Å². The number of hydrogen-bond acceptors (Lipinski definition) is 3. The molecule has 2 fully saturated rings. The third-order valence-electron chi connectivity index (χ3n) is 4.74. The van der Waals surface area contributed by atoms with Crippen molar-refractivity contribution < 1.29 is 4.79 Å². The summed E-state index contributed by atoms with van der Waals surface area (Å²) in [6.45, 7) is 15.1. The van der Waals surface area contributed by atoms with Gasteiger partial charge in [-0.3, -0.25) is 4.79 Å². The predicted molar refractivity (Wildman–Crippen MR) is 78.1 cm³/mol. The molecule has 0 bridgehead atoms. The lowest BCUT2D eigenvalue weighted by atomic mass is 9.88. The molecule has 2 aliphatic heterocycles. The summed E-state index contributed by atoms with van der Waals surface area (Å²) in [6, 6.07) is 0. The van der Waals surface area contributed by atoms with E-state index in [9.17, 15) is 4.79 Å². The Balaban J connectivity index is 1.61. The first-order chi connectivity index (χ1) is 9.10. The van der Waals surface area contributed by atoms with Gasteiger partial charge >= 0.3 is 0 Å². The fraction of sp³-hybridized carbons (Fsp3) is 0.933. The molecule has 110 valence electrons. The van der Waals surface area contributed by atoms with Gasteiger partial charge in [0.2, 0.25) is 5.91 Å². The summed E-state index contributed by atoms with van der Waals surface area (Å²) >= 11 is 0. The van der Waals surface area contributed by atoms with Crippen LogP contribution in [-0.4, -0.2) is 73.0 Å². The summed E-state index contributed by atoms with van der Waals surface area (Å²) in [5.74, 6) is 1.99. The van der Waals surface area contributed by atoms with Gasteiger partial charge < -0.3 is 14.7 Å². The molecule has 0 N–H and O–H groups in total. The summed E-state index contributed by atoms with van der Waals surface area (Å²) in [7, 11) is 0. The molecule has 2 rings (SSSR count). The molecule has 2 saturated heterocycles. The van der Waals surface area contributed by atoms with E-state index in [2.05, 4.69) is 30.6 Å². The van der Waals surface area contributed by atoms with Crippen LogP contribution in [-0.2, 0) is 4.79 Å². The van der Waals surface area contributed by atoms with Crippen molar-refractivity contribution in [3.63, 3.8) is 0 Å². The Morgan fingerprint density at radius 2 is 1.74 bits per heavy atom. The minimum absolute atomic E-state index is 0.351. The van der Waals surface area contributed by atoms with Crippen LogP contribution in [0.1, 0.15) is 27.2 Å². The smallest absolute Gasteiger partial charge is 0.223 e. The van der Waals surface area contributed by atoms with E-state index in [0.717, 1.165) is 51.1 Å². The number of hydrogen-bond donors (Lipinski definition) is 0. The monoisotopic (exact) mass is 267 g/mol. The second-order valence-corrected chi connectivity index (χ2v) is 6.33. The first-order valence-corrected chi connectivity index (χ1v) is 7.82. The Hall–Kier alpha value is -0.610. The van der Waals surface area contributed by atoms with E-state index in [-0.39, 0.29) is 0 Å². The largest absolute Gasteiger partial charge is 0.340 e. The summed E-state index contributed by atoms with van der Waals surface area (Å²) in [6.07, 6.45) is 0.705. The van der Waals surface area contributed by atoms with Crippen molar-refractivity contribution in [2.75, 3.05) is 52.4 Å². The van der Waals surface area contributed by atoms with Gasteiger partial charge in [-0.1, -0.05) is 20.8 Å². The molecule has 0 atom stereocenters. The fourth-order valence-corrected chi connectivity index (χ4v) is 2.94. The molecule has 0 saturated carbocycles. The molecule has 0 unspecified atom stereocenters. The number of rotatable bonds is 5. The van der Waals surface area contributed by atoms with Crippen LogP contribution in [0.3, 0.4) is 0 Å². The first-order valence-electron chi connectivity index (χ1n) is 7.82. The zero-order valence-electron chi connectivity index (χ0n) is 12.8. The third-order valence-corrected chi connectivity index (χ3v) is 4.74. The highest BCUT2D eigenvalue weighted by Crippen LogP contribution is 2.23. The predicted octanol–water partition coefficient (Wildman–Crippen LogP) is 1.13. The Kier molecular flexibility index (Phi) is 5.22. The number of amides is 1. The van der Waals surface area contributed by atoms with E-state index < -0.39 is 0 Å². The molecule has 4 nitrogen and oxygen atoms in total. The lowest BCUT2D eigenvalue weighted by Gasteiger charge is -2.42. The Morgan fingerprint density at radius 1 is 1.11 bits per heavy atom. The quantitative estimate of drug-likeness (QED) is 0.747. The van der Waals surface area contributed by atoms with E-state index in [1.807, 2.05) is 4.90 Å². The van der Waals surface area contributed by atoms with Crippen molar-refractivity contribution in [3.05, 3.63) is 0 Å². The van der Waals surface area contributed by atoms with Gasteiger partial charge in [0.1, 0.15) is 0 Å². The van der Waals surface area contributed by atoms with Crippen LogP contribution in [0.2, 0.25) is 0 Å². The fourth-order valence-electron chi connectivity index (χ4n) is 2.94. The van der Waals surface area contributed by atoms with Gasteiger partial charge in [0.25, 0.3) is 0 Å². The average Bonchev–Trinajstić information content (AvgIpc) is 2.36. The van der Waals surface area contributed by atoms with Gasteiger partial charge in [0.15, 0.2) is 0 Å². The number of likely N-dealkylation sites (N-methyl/N-ethyl adjacent to an activating group) is 1. The zero-order chi connectivity index (χ0) is 13.8. The molecule has 2 heterocycles. The van der Waals surface area contributed by atoms with Crippen molar-refractivity contribution in [2.45, 2.75) is 27.2 Å². The normalized spacial score (nSPS) is 22.8. The summed E-state index contributed by atoms with van der Waals surface area (Å²) < 4.78 is 0. The highest BCUT2D eigenvalue weighted by Gasteiger charge is 2.29. The number of piperazine rings is 1. The first kappa shape index (κ1) is 14.8. The topological polar surface area (TPSA) is 26.8 Å². The maximum absolute atomic E-state index is 12.1. The second-order valence-electron chi connectivity index (χ2n) is 6.33. The summed E-state index contributed by atoms with van der Waals surface area (Å²) in [5.41, 5.74) is 0. The number of likely N-dealkylation sites (tertiary alicyclic amines) is 1. The van der Waals surface area contributed by atoms with Crippen LogP contribution < -0.4 is 0 Å². The molecule has 0 aromatic heterocycles. The Labute approximate surface area is 117 Å². The molecular weight excluding hydrogens is 238 g/mol. The Morgan fingerprint density at radius 3 is 2.26 bits per heavy atom. The molecule has 0 aromatic rings. The number of carbonyl (C=O) groups is 1. The summed E-state index contributed by atoms with van der Waals surface area (Å²) in [5, 5.41) is 0. The maximum Gasteiger partial charge on any atom is 0.223 e. The van der Waals surface area contributed by atoms with E-state index in [0.29, 0.717) is 12.3 Å². The maximum atomic E-state index is 12.1. The molecule has 2 aliphatic rings. The minimum Gasteiger partial charge on any atom is -0.340 e. The van der Waals surface area contributed by atoms with Crippen LogP contribution >= 0.6 is 0 Å². The van der Waals surface area contributed by atoms with E-state index in [4.69, 9.17) is 0 Å². The average molecular weight is 267 g/mol.